The third kappa shape index (κ3) is 48.5. The van der Waals surface area contributed by atoms with E-state index >= 15 is 0 Å². The van der Waals surface area contributed by atoms with E-state index < -0.39 is 67.4 Å². The fourth-order valence-corrected chi connectivity index (χ4v) is 10.7. The van der Waals surface area contributed by atoms with E-state index in [2.05, 4.69) is 111 Å². The molecule has 6 N–H and O–H groups in total. The summed E-state index contributed by atoms with van der Waals surface area (Å²) in [5.74, 6) is -1.22. The molecule has 8 atom stereocenters. The average molecular weight is 1210 g/mol. The van der Waals surface area contributed by atoms with E-state index in [0.29, 0.717) is 12.8 Å². The first kappa shape index (κ1) is 80.6. The van der Waals surface area contributed by atoms with Crippen molar-refractivity contribution in [1.82, 2.24) is 5.32 Å². The minimum atomic E-state index is -1.63. The van der Waals surface area contributed by atoms with Crippen LogP contribution in [0.4, 0.5) is 0 Å². The maximum absolute atomic E-state index is 13.5. The monoisotopic (exact) mass is 1210 g/mol. The van der Waals surface area contributed by atoms with Crippen LogP contribution in [0.3, 0.4) is 0 Å². The van der Waals surface area contributed by atoms with Gasteiger partial charge in [-0.15, -0.1) is 0 Å². The van der Waals surface area contributed by atoms with Crippen LogP contribution in [0.15, 0.2) is 97.2 Å². The van der Waals surface area contributed by atoms with E-state index in [4.69, 9.17) is 14.2 Å². The van der Waals surface area contributed by atoms with Gasteiger partial charge < -0.3 is 45.1 Å². The van der Waals surface area contributed by atoms with Gasteiger partial charge in [0, 0.05) is 6.42 Å². The Bertz CT molecular complexity index is 1770. The number of nitrogens with one attached hydrogen (secondary N) is 1. The van der Waals surface area contributed by atoms with Crippen molar-refractivity contribution in [1.29, 1.82) is 0 Å². The lowest BCUT2D eigenvalue weighted by Crippen LogP contribution is -2.61. The number of ether oxygens (including phenoxy) is 3. The van der Waals surface area contributed by atoms with Gasteiger partial charge in [0.05, 0.1) is 25.4 Å². The highest BCUT2D eigenvalue weighted by molar-refractivity contribution is 5.80. The van der Waals surface area contributed by atoms with E-state index in [1.54, 1.807) is 6.08 Å². The summed E-state index contributed by atoms with van der Waals surface area (Å²) in [7, 11) is 0. The Morgan fingerprint density at radius 3 is 1.27 bits per heavy atom. The zero-order valence-electron chi connectivity index (χ0n) is 55.2. The Morgan fingerprint density at radius 2 is 0.837 bits per heavy atom. The molecular weight excluding hydrogens is 1070 g/mol. The summed E-state index contributed by atoms with van der Waals surface area (Å²) >= 11 is 0. The van der Waals surface area contributed by atoms with E-state index in [0.717, 1.165) is 103 Å². The summed E-state index contributed by atoms with van der Waals surface area (Å²) in [4.78, 5) is 26.7. The summed E-state index contributed by atoms with van der Waals surface area (Å²) in [5, 5.41) is 57.2. The fraction of sp³-hybridized carbons (Fsp3) is 0.760. The molecule has 0 radical (unpaired) electrons. The lowest BCUT2D eigenvalue weighted by Gasteiger charge is -2.41. The van der Waals surface area contributed by atoms with Crippen LogP contribution in [0.5, 0.6) is 0 Å². The van der Waals surface area contributed by atoms with Gasteiger partial charge in [-0.2, -0.15) is 0 Å². The van der Waals surface area contributed by atoms with Crippen molar-refractivity contribution in [3.05, 3.63) is 97.2 Å². The first-order chi connectivity index (χ1) is 42.2. The molecule has 0 bridgehead atoms. The van der Waals surface area contributed by atoms with E-state index in [-0.39, 0.29) is 19.4 Å². The first-order valence-corrected chi connectivity index (χ1v) is 35.5. The molecule has 11 heteroatoms. The van der Waals surface area contributed by atoms with Gasteiger partial charge in [0.2, 0.25) is 5.91 Å². The largest absolute Gasteiger partial charge is 0.454 e. The maximum atomic E-state index is 13.5. The lowest BCUT2D eigenvalue weighted by molar-refractivity contribution is -0.305. The van der Waals surface area contributed by atoms with Crippen LogP contribution >= 0.6 is 0 Å². The van der Waals surface area contributed by atoms with E-state index in [1.807, 2.05) is 6.08 Å². The molecule has 1 fully saturated rings. The second kappa shape index (κ2) is 61.8. The zero-order chi connectivity index (χ0) is 62.4. The Hall–Kier alpha value is -3.42. The highest BCUT2D eigenvalue weighted by Gasteiger charge is 2.47. The van der Waals surface area contributed by atoms with Crippen molar-refractivity contribution in [2.75, 3.05) is 13.2 Å². The summed E-state index contributed by atoms with van der Waals surface area (Å²) in [5.41, 5.74) is 0. The predicted molar refractivity (Wildman–Crippen MR) is 361 cm³/mol. The van der Waals surface area contributed by atoms with Crippen molar-refractivity contribution in [3.8, 4) is 0 Å². The van der Waals surface area contributed by atoms with Gasteiger partial charge in [-0.25, -0.2) is 0 Å². The Labute approximate surface area is 526 Å². The number of amides is 1. The van der Waals surface area contributed by atoms with Crippen LogP contribution in [0, 0.1) is 0 Å². The molecule has 8 unspecified atom stereocenters. The highest BCUT2D eigenvalue weighted by Crippen LogP contribution is 2.26. The number of carbonyl (C=O) groups is 2. The van der Waals surface area contributed by atoms with Crippen molar-refractivity contribution in [2.24, 2.45) is 0 Å². The maximum Gasteiger partial charge on any atom is 0.306 e. The standard InChI is InChI=1S/C75H131NO10/c1-4-7-10-13-16-19-22-25-27-29-31-33-35-37-39-41-43-45-48-51-54-57-60-63-70(80)86-73-72(82)71(81)69(64-77)85-75(73)84-65-66(67(78)61-58-55-52-49-46-24-21-18-15-12-9-6-3)76-74(83)68(79)62-59-56-53-50-47-44-42-40-38-36-34-32-30-28-26-23-20-17-14-11-8-5-2/h7,10,16,19,25-28,31,33,37,39,43,45,58,61,66-69,71-73,75,77-79,81-82H,4-6,8-9,11-15,17-18,20-24,29-30,32,34-36,38,40-42,44,46-57,59-60,62-65H2,1-3H3,(H,76,83)/b10-7-,19-16-,27-25-,28-26+,33-31-,39-37-,45-43-,61-58+. The summed E-state index contributed by atoms with van der Waals surface area (Å²) in [6.45, 7) is 5.68. The molecule has 496 valence electrons. The number of hydrogen-bond acceptors (Lipinski definition) is 10. The molecular formula is C75H131NO10. The minimum Gasteiger partial charge on any atom is -0.454 e. The quantitative estimate of drug-likeness (QED) is 0.0195. The number of rotatable bonds is 60. The van der Waals surface area contributed by atoms with Gasteiger partial charge in [-0.1, -0.05) is 291 Å². The molecule has 1 saturated heterocycles. The summed E-state index contributed by atoms with van der Waals surface area (Å²) in [6.07, 6.45) is 73.0. The van der Waals surface area contributed by atoms with Crippen LogP contribution < -0.4 is 5.32 Å². The number of allylic oxidation sites excluding steroid dienone is 15. The van der Waals surface area contributed by atoms with Crippen molar-refractivity contribution < 1.29 is 49.3 Å². The van der Waals surface area contributed by atoms with Crippen molar-refractivity contribution >= 4 is 11.9 Å². The molecule has 1 aliphatic heterocycles. The van der Waals surface area contributed by atoms with Gasteiger partial charge in [0.1, 0.15) is 24.4 Å². The molecule has 0 aliphatic carbocycles. The van der Waals surface area contributed by atoms with Crippen LogP contribution in [-0.2, 0) is 23.8 Å². The second-order valence-corrected chi connectivity index (χ2v) is 24.2. The molecule has 0 aromatic heterocycles. The Kier molecular flexibility index (Phi) is 57.9. The molecule has 1 rings (SSSR count). The summed E-state index contributed by atoms with van der Waals surface area (Å²) in [6, 6.07) is -1.03. The number of carbonyl (C=O) groups excluding carboxylic acids is 2. The van der Waals surface area contributed by atoms with Gasteiger partial charge >= 0.3 is 5.97 Å². The highest BCUT2D eigenvalue weighted by atomic mass is 16.7. The number of aliphatic hydroxyl groups excluding tert-OH is 5. The zero-order valence-corrected chi connectivity index (χ0v) is 55.2. The first-order valence-electron chi connectivity index (χ1n) is 35.5. The number of hydrogen-bond donors (Lipinski definition) is 6. The minimum absolute atomic E-state index is 0.0899. The van der Waals surface area contributed by atoms with E-state index in [9.17, 15) is 35.1 Å². The molecule has 0 aromatic carbocycles. The third-order valence-corrected chi connectivity index (χ3v) is 16.2. The van der Waals surface area contributed by atoms with E-state index in [1.165, 1.54) is 154 Å². The van der Waals surface area contributed by atoms with Gasteiger partial charge in [-0.3, -0.25) is 9.59 Å². The van der Waals surface area contributed by atoms with Crippen molar-refractivity contribution in [3.63, 3.8) is 0 Å². The number of aliphatic hydroxyl groups is 5. The SMILES string of the molecule is CC/C=C\C/C=C\C/C=C\C/C=C\C/C=C\C/C=C\CCCCCCC(=O)OC1C(OCC(NC(=O)C(O)CCCCCCCCCCCCCC/C=C/CCCCCCCC)C(O)/C=C/CCCCCCCCCCCC)OC(CO)C(O)C1O. The third-order valence-electron chi connectivity index (χ3n) is 16.2. The van der Waals surface area contributed by atoms with Gasteiger partial charge in [-0.05, 0) is 103 Å². The topological polar surface area (TPSA) is 175 Å². The second-order valence-electron chi connectivity index (χ2n) is 24.2. The molecule has 0 saturated carbocycles. The van der Waals surface area contributed by atoms with Crippen LogP contribution in [-0.4, -0.2) is 99.6 Å². The molecule has 1 heterocycles. The van der Waals surface area contributed by atoms with Crippen molar-refractivity contribution in [2.45, 2.75) is 352 Å². The van der Waals surface area contributed by atoms with Gasteiger partial charge in [0.15, 0.2) is 12.4 Å². The Morgan fingerprint density at radius 1 is 0.465 bits per heavy atom. The fourth-order valence-electron chi connectivity index (χ4n) is 10.7. The van der Waals surface area contributed by atoms with Crippen LogP contribution in [0.1, 0.15) is 303 Å². The molecule has 11 nitrogen and oxygen atoms in total. The molecule has 0 spiro atoms. The van der Waals surface area contributed by atoms with Gasteiger partial charge in [0.25, 0.3) is 0 Å². The average Bonchev–Trinajstić information content (AvgIpc) is 3.39. The smallest absolute Gasteiger partial charge is 0.306 e. The van der Waals surface area contributed by atoms with Crippen LogP contribution in [0.25, 0.3) is 0 Å². The molecule has 1 amide bonds. The Balaban J connectivity index is 2.61. The molecule has 1 aliphatic rings. The number of unbranched alkanes of at least 4 members (excludes halogenated alkanes) is 32. The number of esters is 1. The summed E-state index contributed by atoms with van der Waals surface area (Å²) < 4.78 is 17.7. The lowest BCUT2D eigenvalue weighted by atomic mass is 9.99. The predicted octanol–water partition coefficient (Wildman–Crippen LogP) is 18.2. The normalized spacial score (nSPS) is 18.9. The molecule has 86 heavy (non-hydrogen) atoms. The van der Waals surface area contributed by atoms with Crippen LogP contribution in [0.2, 0.25) is 0 Å². The molecule has 0 aromatic rings.